The molecule has 3 unspecified atom stereocenters. The Morgan fingerprint density at radius 1 is 1.10 bits per heavy atom. The first kappa shape index (κ1) is 15.0. The lowest BCUT2D eigenvalue weighted by molar-refractivity contribution is -0.0206. The molecule has 1 aromatic carbocycles. The van der Waals surface area contributed by atoms with Gasteiger partial charge in [0, 0.05) is 38.3 Å². The Kier molecular flexibility index (Phi) is 4.94. The SMILES string of the molecule is CC1CN(C2CCCCC2O)CCN1Cc1ccccc1. The van der Waals surface area contributed by atoms with Crippen LogP contribution in [0.15, 0.2) is 30.3 Å². The highest BCUT2D eigenvalue weighted by molar-refractivity contribution is 5.14. The Balaban J connectivity index is 1.56. The van der Waals surface area contributed by atoms with E-state index in [2.05, 4.69) is 47.1 Å². The second kappa shape index (κ2) is 6.91. The molecule has 1 saturated heterocycles. The summed E-state index contributed by atoms with van der Waals surface area (Å²) in [5.74, 6) is 0. The van der Waals surface area contributed by atoms with Gasteiger partial charge in [0.2, 0.25) is 0 Å². The molecular weight excluding hydrogens is 260 g/mol. The molecule has 0 aromatic heterocycles. The van der Waals surface area contributed by atoms with Crippen LogP contribution in [0.4, 0.5) is 0 Å². The largest absolute Gasteiger partial charge is 0.391 e. The number of rotatable bonds is 3. The van der Waals surface area contributed by atoms with E-state index in [4.69, 9.17) is 0 Å². The van der Waals surface area contributed by atoms with Crippen molar-refractivity contribution in [3.8, 4) is 0 Å². The van der Waals surface area contributed by atoms with Crippen LogP contribution in [0.5, 0.6) is 0 Å². The summed E-state index contributed by atoms with van der Waals surface area (Å²) in [6, 6.07) is 11.7. The molecule has 1 heterocycles. The predicted molar refractivity (Wildman–Crippen MR) is 86.1 cm³/mol. The summed E-state index contributed by atoms with van der Waals surface area (Å²) in [5, 5.41) is 10.3. The fraction of sp³-hybridized carbons (Fsp3) is 0.667. The monoisotopic (exact) mass is 288 g/mol. The van der Waals surface area contributed by atoms with E-state index in [0.717, 1.165) is 32.6 Å². The number of hydrogen-bond donors (Lipinski definition) is 1. The quantitative estimate of drug-likeness (QED) is 0.926. The van der Waals surface area contributed by atoms with Crippen LogP contribution in [0.25, 0.3) is 0 Å². The van der Waals surface area contributed by atoms with Gasteiger partial charge in [-0.1, -0.05) is 43.2 Å². The van der Waals surface area contributed by atoms with Gasteiger partial charge in [0.1, 0.15) is 0 Å². The van der Waals surface area contributed by atoms with Crippen molar-refractivity contribution in [3.05, 3.63) is 35.9 Å². The highest BCUT2D eigenvalue weighted by atomic mass is 16.3. The molecule has 0 bridgehead atoms. The highest BCUT2D eigenvalue weighted by Gasteiger charge is 2.33. The summed E-state index contributed by atoms with van der Waals surface area (Å²) in [7, 11) is 0. The Labute approximate surface area is 128 Å². The van der Waals surface area contributed by atoms with E-state index in [-0.39, 0.29) is 6.10 Å². The van der Waals surface area contributed by atoms with Gasteiger partial charge in [0.05, 0.1) is 6.10 Å². The third kappa shape index (κ3) is 3.65. The molecule has 1 aliphatic carbocycles. The summed E-state index contributed by atoms with van der Waals surface area (Å²) in [4.78, 5) is 5.11. The summed E-state index contributed by atoms with van der Waals surface area (Å²) >= 11 is 0. The molecule has 2 aliphatic rings. The summed E-state index contributed by atoms with van der Waals surface area (Å²) in [6.45, 7) is 6.67. The van der Waals surface area contributed by atoms with E-state index in [9.17, 15) is 5.11 Å². The molecule has 1 N–H and O–H groups in total. The van der Waals surface area contributed by atoms with Gasteiger partial charge in [0.15, 0.2) is 0 Å². The molecule has 2 fully saturated rings. The van der Waals surface area contributed by atoms with Gasteiger partial charge in [0.25, 0.3) is 0 Å². The third-order valence-corrected chi connectivity index (χ3v) is 5.19. The van der Waals surface area contributed by atoms with Crippen LogP contribution in [0.2, 0.25) is 0 Å². The minimum atomic E-state index is -0.105. The third-order valence-electron chi connectivity index (χ3n) is 5.19. The average molecular weight is 288 g/mol. The standard InChI is InChI=1S/C18H28N2O/c1-15-13-20(17-9-5-6-10-18(17)21)12-11-19(15)14-16-7-3-2-4-8-16/h2-4,7-8,15,17-18,21H,5-6,9-14H2,1H3. The lowest BCUT2D eigenvalue weighted by atomic mass is 9.90. The normalized spacial score (nSPS) is 32.2. The fourth-order valence-electron chi connectivity index (χ4n) is 3.90. The maximum atomic E-state index is 10.3. The topological polar surface area (TPSA) is 26.7 Å². The zero-order valence-corrected chi connectivity index (χ0v) is 13.1. The summed E-state index contributed by atoms with van der Waals surface area (Å²) < 4.78 is 0. The van der Waals surface area contributed by atoms with E-state index < -0.39 is 0 Å². The zero-order valence-electron chi connectivity index (χ0n) is 13.1. The van der Waals surface area contributed by atoms with Gasteiger partial charge in [-0.3, -0.25) is 9.80 Å². The molecule has 0 amide bonds. The number of benzene rings is 1. The number of nitrogens with zero attached hydrogens (tertiary/aromatic N) is 2. The van der Waals surface area contributed by atoms with Crippen molar-refractivity contribution in [1.29, 1.82) is 0 Å². The molecule has 3 heteroatoms. The molecule has 3 rings (SSSR count). The maximum Gasteiger partial charge on any atom is 0.0695 e. The fourth-order valence-corrected chi connectivity index (χ4v) is 3.90. The average Bonchev–Trinajstić information content (AvgIpc) is 2.51. The number of piperazine rings is 1. The molecular formula is C18H28N2O. The van der Waals surface area contributed by atoms with Crippen molar-refractivity contribution in [3.63, 3.8) is 0 Å². The van der Waals surface area contributed by atoms with Gasteiger partial charge in [-0.15, -0.1) is 0 Å². The molecule has 3 atom stereocenters. The molecule has 1 aromatic rings. The lowest BCUT2D eigenvalue weighted by Crippen LogP contribution is -2.57. The van der Waals surface area contributed by atoms with Crippen LogP contribution < -0.4 is 0 Å². The summed E-state index contributed by atoms with van der Waals surface area (Å²) in [5.41, 5.74) is 1.40. The molecule has 21 heavy (non-hydrogen) atoms. The van der Waals surface area contributed by atoms with Crippen LogP contribution in [-0.4, -0.2) is 52.7 Å². The Morgan fingerprint density at radius 2 is 1.86 bits per heavy atom. The van der Waals surface area contributed by atoms with Crippen molar-refractivity contribution < 1.29 is 5.11 Å². The maximum absolute atomic E-state index is 10.3. The number of hydrogen-bond acceptors (Lipinski definition) is 3. The predicted octanol–water partition coefficient (Wildman–Crippen LogP) is 2.50. The van der Waals surface area contributed by atoms with E-state index in [1.165, 1.54) is 24.8 Å². The van der Waals surface area contributed by atoms with Crippen LogP contribution in [0.1, 0.15) is 38.2 Å². The van der Waals surface area contributed by atoms with Crippen molar-refractivity contribution >= 4 is 0 Å². The van der Waals surface area contributed by atoms with Crippen LogP contribution >= 0.6 is 0 Å². The second-order valence-electron chi connectivity index (χ2n) is 6.72. The van der Waals surface area contributed by atoms with Gasteiger partial charge in [-0.2, -0.15) is 0 Å². The van der Waals surface area contributed by atoms with Crippen LogP contribution in [0.3, 0.4) is 0 Å². The summed E-state index contributed by atoms with van der Waals surface area (Å²) in [6.07, 6.45) is 4.53. The van der Waals surface area contributed by atoms with E-state index in [0.29, 0.717) is 12.1 Å². The molecule has 116 valence electrons. The van der Waals surface area contributed by atoms with Crippen LogP contribution in [0, 0.1) is 0 Å². The first-order valence-electron chi connectivity index (χ1n) is 8.44. The minimum Gasteiger partial charge on any atom is -0.391 e. The number of aliphatic hydroxyl groups is 1. The molecule has 3 nitrogen and oxygen atoms in total. The lowest BCUT2D eigenvalue weighted by Gasteiger charge is -2.45. The molecule has 0 radical (unpaired) electrons. The Morgan fingerprint density at radius 3 is 2.57 bits per heavy atom. The van der Waals surface area contributed by atoms with Crippen molar-refractivity contribution in [2.45, 2.75) is 57.3 Å². The van der Waals surface area contributed by atoms with Crippen molar-refractivity contribution in [1.82, 2.24) is 9.80 Å². The molecule has 0 spiro atoms. The number of aliphatic hydroxyl groups excluding tert-OH is 1. The van der Waals surface area contributed by atoms with Gasteiger partial charge < -0.3 is 5.11 Å². The Bertz CT molecular complexity index is 436. The first-order valence-corrected chi connectivity index (χ1v) is 8.44. The smallest absolute Gasteiger partial charge is 0.0695 e. The molecule has 1 aliphatic heterocycles. The van der Waals surface area contributed by atoms with Crippen molar-refractivity contribution in [2.24, 2.45) is 0 Å². The zero-order chi connectivity index (χ0) is 14.7. The Hall–Kier alpha value is -0.900. The van der Waals surface area contributed by atoms with E-state index in [1.54, 1.807) is 0 Å². The van der Waals surface area contributed by atoms with Gasteiger partial charge in [-0.25, -0.2) is 0 Å². The second-order valence-corrected chi connectivity index (χ2v) is 6.72. The molecule has 1 saturated carbocycles. The van der Waals surface area contributed by atoms with Gasteiger partial charge >= 0.3 is 0 Å². The highest BCUT2D eigenvalue weighted by Crippen LogP contribution is 2.25. The van der Waals surface area contributed by atoms with Gasteiger partial charge in [-0.05, 0) is 25.3 Å². The van der Waals surface area contributed by atoms with E-state index >= 15 is 0 Å². The first-order chi connectivity index (χ1) is 10.2. The minimum absolute atomic E-state index is 0.105. The van der Waals surface area contributed by atoms with Crippen molar-refractivity contribution in [2.75, 3.05) is 19.6 Å². The van der Waals surface area contributed by atoms with E-state index in [1.807, 2.05) is 0 Å². The van der Waals surface area contributed by atoms with Crippen LogP contribution in [-0.2, 0) is 6.54 Å².